The van der Waals surface area contributed by atoms with Crippen LogP contribution in [0.2, 0.25) is 6.04 Å². The van der Waals surface area contributed by atoms with E-state index in [9.17, 15) is 0 Å². The van der Waals surface area contributed by atoms with Gasteiger partial charge in [0.05, 0.1) is 6.61 Å². The standard InChI is InChI=1S/C9H23NO4Si.ClH/c1-10(7-8-11)6-5-9-15(12-2,13-3)14-4;/h11H,5-9H2,1-4H3;1H. The topological polar surface area (TPSA) is 51.2 Å². The van der Waals surface area contributed by atoms with Crippen LogP contribution in [0.3, 0.4) is 0 Å². The smallest absolute Gasteiger partial charge is 0.395 e. The van der Waals surface area contributed by atoms with E-state index in [1.54, 1.807) is 21.3 Å². The molecular weight excluding hydrogens is 250 g/mol. The Bertz CT molecular complexity index is 152. The quantitative estimate of drug-likeness (QED) is 0.624. The molecule has 0 aliphatic carbocycles. The third-order valence-corrected chi connectivity index (χ3v) is 5.27. The summed E-state index contributed by atoms with van der Waals surface area (Å²) in [5.41, 5.74) is 0. The van der Waals surface area contributed by atoms with E-state index in [2.05, 4.69) is 4.90 Å². The van der Waals surface area contributed by atoms with Crippen LogP contribution >= 0.6 is 12.4 Å². The fraction of sp³-hybridized carbons (Fsp3) is 1.00. The van der Waals surface area contributed by atoms with Crippen LogP contribution in [0.15, 0.2) is 0 Å². The average molecular weight is 274 g/mol. The Kier molecular flexibility index (Phi) is 12.2. The highest BCUT2D eigenvalue weighted by Crippen LogP contribution is 2.14. The number of aliphatic hydroxyl groups is 1. The van der Waals surface area contributed by atoms with Crippen molar-refractivity contribution in [2.75, 3.05) is 48.1 Å². The maximum absolute atomic E-state index is 8.73. The van der Waals surface area contributed by atoms with Crippen LogP contribution in [-0.4, -0.2) is 66.9 Å². The van der Waals surface area contributed by atoms with E-state index >= 15 is 0 Å². The Morgan fingerprint density at radius 2 is 1.56 bits per heavy atom. The van der Waals surface area contributed by atoms with E-state index in [1.807, 2.05) is 7.05 Å². The molecule has 0 amide bonds. The van der Waals surface area contributed by atoms with Crippen LogP contribution in [0.5, 0.6) is 0 Å². The molecule has 0 aromatic rings. The lowest BCUT2D eigenvalue weighted by molar-refractivity contribution is 0.121. The van der Waals surface area contributed by atoms with Gasteiger partial charge < -0.3 is 23.3 Å². The zero-order chi connectivity index (χ0) is 11.7. The summed E-state index contributed by atoms with van der Waals surface area (Å²) in [7, 11) is 4.45. The van der Waals surface area contributed by atoms with Gasteiger partial charge in [0.2, 0.25) is 0 Å². The lowest BCUT2D eigenvalue weighted by atomic mass is 10.4. The molecule has 0 unspecified atom stereocenters. The van der Waals surface area contributed by atoms with E-state index in [-0.39, 0.29) is 19.0 Å². The number of hydrogen-bond donors (Lipinski definition) is 1. The van der Waals surface area contributed by atoms with Gasteiger partial charge in [-0.2, -0.15) is 0 Å². The Morgan fingerprint density at radius 3 is 1.94 bits per heavy atom. The zero-order valence-corrected chi connectivity index (χ0v) is 12.4. The first kappa shape index (κ1) is 18.7. The molecular formula is C9H24ClNO4Si. The highest BCUT2D eigenvalue weighted by atomic mass is 35.5. The van der Waals surface area contributed by atoms with Gasteiger partial charge in [-0.3, -0.25) is 0 Å². The summed E-state index contributed by atoms with van der Waals surface area (Å²) in [5.74, 6) is 0. The van der Waals surface area contributed by atoms with E-state index in [1.165, 1.54) is 0 Å². The van der Waals surface area contributed by atoms with Gasteiger partial charge in [0.1, 0.15) is 0 Å². The second-order valence-electron chi connectivity index (χ2n) is 3.43. The van der Waals surface area contributed by atoms with Gasteiger partial charge in [0, 0.05) is 33.9 Å². The molecule has 0 spiro atoms. The summed E-state index contributed by atoms with van der Waals surface area (Å²) in [4.78, 5) is 2.07. The lowest BCUT2D eigenvalue weighted by Gasteiger charge is -2.25. The normalized spacial score (nSPS) is 11.6. The third-order valence-electron chi connectivity index (χ3n) is 2.44. The van der Waals surface area contributed by atoms with Gasteiger partial charge in [0.15, 0.2) is 0 Å². The Hall–Kier alpha value is 0.307. The van der Waals surface area contributed by atoms with Crippen molar-refractivity contribution in [1.82, 2.24) is 4.90 Å². The minimum Gasteiger partial charge on any atom is -0.395 e. The minimum atomic E-state index is -2.40. The van der Waals surface area contributed by atoms with E-state index in [0.29, 0.717) is 6.54 Å². The van der Waals surface area contributed by atoms with Crippen molar-refractivity contribution in [3.63, 3.8) is 0 Å². The molecule has 0 atom stereocenters. The molecule has 0 fully saturated rings. The number of hydrogen-bond acceptors (Lipinski definition) is 5. The molecule has 0 heterocycles. The van der Waals surface area contributed by atoms with Crippen molar-refractivity contribution >= 4 is 21.2 Å². The lowest BCUT2D eigenvalue weighted by Crippen LogP contribution is -2.43. The molecule has 0 radical (unpaired) electrons. The largest absolute Gasteiger partial charge is 0.500 e. The van der Waals surface area contributed by atoms with Crippen LogP contribution in [0, 0.1) is 0 Å². The summed E-state index contributed by atoms with van der Waals surface area (Å²) in [6.45, 7) is 1.80. The van der Waals surface area contributed by atoms with Gasteiger partial charge in [-0.15, -0.1) is 12.4 Å². The molecule has 16 heavy (non-hydrogen) atoms. The van der Waals surface area contributed by atoms with Crippen molar-refractivity contribution < 1.29 is 18.4 Å². The van der Waals surface area contributed by atoms with E-state index in [0.717, 1.165) is 19.0 Å². The van der Waals surface area contributed by atoms with Gasteiger partial charge in [0.25, 0.3) is 0 Å². The minimum absolute atomic E-state index is 0. The monoisotopic (exact) mass is 273 g/mol. The average Bonchev–Trinajstić information content (AvgIpc) is 2.25. The first-order valence-electron chi connectivity index (χ1n) is 5.09. The van der Waals surface area contributed by atoms with Crippen molar-refractivity contribution in [2.45, 2.75) is 12.5 Å². The summed E-state index contributed by atoms with van der Waals surface area (Å²) in [5, 5.41) is 8.73. The van der Waals surface area contributed by atoms with Crippen molar-refractivity contribution in [3.8, 4) is 0 Å². The Labute approximate surface area is 105 Å². The zero-order valence-electron chi connectivity index (χ0n) is 10.6. The number of rotatable bonds is 9. The molecule has 0 bridgehead atoms. The Balaban J connectivity index is 0. The van der Waals surface area contributed by atoms with E-state index < -0.39 is 8.80 Å². The predicted octanol–water partition coefficient (Wildman–Crippen LogP) is 0.600. The number of aliphatic hydroxyl groups excluding tert-OH is 1. The highest BCUT2D eigenvalue weighted by molar-refractivity contribution is 6.60. The van der Waals surface area contributed by atoms with Gasteiger partial charge in [-0.1, -0.05) is 0 Å². The van der Waals surface area contributed by atoms with Crippen LogP contribution in [-0.2, 0) is 13.3 Å². The fourth-order valence-corrected chi connectivity index (χ4v) is 3.11. The maximum Gasteiger partial charge on any atom is 0.500 e. The number of halogens is 1. The van der Waals surface area contributed by atoms with Gasteiger partial charge in [-0.05, 0) is 20.0 Å². The summed E-state index contributed by atoms with van der Waals surface area (Å²) >= 11 is 0. The highest BCUT2D eigenvalue weighted by Gasteiger charge is 2.36. The van der Waals surface area contributed by atoms with Crippen LogP contribution in [0.25, 0.3) is 0 Å². The second-order valence-corrected chi connectivity index (χ2v) is 6.52. The van der Waals surface area contributed by atoms with Crippen molar-refractivity contribution in [3.05, 3.63) is 0 Å². The second kappa shape index (κ2) is 10.5. The first-order chi connectivity index (χ1) is 7.14. The maximum atomic E-state index is 8.73. The molecule has 7 heteroatoms. The van der Waals surface area contributed by atoms with Crippen LogP contribution in [0.1, 0.15) is 6.42 Å². The Morgan fingerprint density at radius 1 is 1.06 bits per heavy atom. The summed E-state index contributed by atoms with van der Waals surface area (Å²) in [6.07, 6.45) is 0.943. The molecule has 0 rings (SSSR count). The molecule has 0 aliphatic heterocycles. The molecule has 0 aliphatic rings. The predicted molar refractivity (Wildman–Crippen MR) is 68.0 cm³/mol. The summed E-state index contributed by atoms with van der Waals surface area (Å²) in [6, 6.07) is 0.798. The molecule has 0 aromatic heterocycles. The first-order valence-corrected chi connectivity index (χ1v) is 7.02. The molecule has 100 valence electrons. The van der Waals surface area contributed by atoms with E-state index in [4.69, 9.17) is 18.4 Å². The van der Waals surface area contributed by atoms with Crippen molar-refractivity contribution in [1.29, 1.82) is 0 Å². The third kappa shape index (κ3) is 6.80. The van der Waals surface area contributed by atoms with Gasteiger partial charge >= 0.3 is 8.80 Å². The molecule has 0 aromatic carbocycles. The number of nitrogens with zero attached hydrogens (tertiary/aromatic N) is 1. The molecule has 0 saturated heterocycles. The molecule has 5 nitrogen and oxygen atoms in total. The molecule has 0 saturated carbocycles. The SMILES string of the molecule is CO[Si](CCCN(C)CCO)(OC)OC.Cl. The molecule has 1 N–H and O–H groups in total. The fourth-order valence-electron chi connectivity index (χ4n) is 1.40. The van der Waals surface area contributed by atoms with Crippen LogP contribution in [0.4, 0.5) is 0 Å². The van der Waals surface area contributed by atoms with Crippen molar-refractivity contribution in [2.24, 2.45) is 0 Å². The number of likely N-dealkylation sites (N-methyl/N-ethyl adjacent to an activating group) is 1. The van der Waals surface area contributed by atoms with Gasteiger partial charge in [-0.25, -0.2) is 0 Å². The summed E-state index contributed by atoms with van der Waals surface area (Å²) < 4.78 is 15.9. The van der Waals surface area contributed by atoms with Crippen LogP contribution < -0.4 is 0 Å².